The standard InChI is InChI=1S/C22H40N4O8/c1-20(2,3)32-17(28)24-14(15(27)31-10)12-11-13-23-16(25-18(29)33-21(4,5)6)26-19(30)34-22(7,8)9/h14H,11-13H2,1-10H3,(H,24,28)(H2,23,25,26,29,30)/t14-/m0/s1. The number of rotatable bonds is 6. The molecule has 0 aromatic heterocycles. The van der Waals surface area contributed by atoms with E-state index in [1.807, 2.05) is 0 Å². The zero-order valence-corrected chi connectivity index (χ0v) is 21.9. The number of aliphatic imine (C=N–C) groups is 1. The molecule has 0 aromatic rings. The van der Waals surface area contributed by atoms with Crippen LogP contribution in [-0.2, 0) is 23.7 Å². The fraction of sp³-hybridized carbons (Fsp3) is 0.773. The van der Waals surface area contributed by atoms with Gasteiger partial charge in [-0.25, -0.2) is 19.2 Å². The number of methoxy groups -OCH3 is 1. The predicted molar refractivity (Wildman–Crippen MR) is 125 cm³/mol. The first-order chi connectivity index (χ1) is 15.3. The van der Waals surface area contributed by atoms with E-state index >= 15 is 0 Å². The molecule has 0 unspecified atom stereocenters. The van der Waals surface area contributed by atoms with Crippen LogP contribution in [-0.4, -0.2) is 66.7 Å². The third-order valence-corrected chi connectivity index (χ3v) is 3.34. The van der Waals surface area contributed by atoms with Crippen molar-refractivity contribution in [2.24, 2.45) is 4.99 Å². The summed E-state index contributed by atoms with van der Waals surface area (Å²) in [5.41, 5.74) is -2.25. The van der Waals surface area contributed by atoms with Crippen molar-refractivity contribution in [3.63, 3.8) is 0 Å². The highest BCUT2D eigenvalue weighted by molar-refractivity contribution is 6.01. The lowest BCUT2D eigenvalue weighted by Crippen LogP contribution is -2.47. The van der Waals surface area contributed by atoms with Crippen LogP contribution in [0.15, 0.2) is 4.99 Å². The van der Waals surface area contributed by atoms with Gasteiger partial charge in [0, 0.05) is 6.54 Å². The molecule has 3 amide bonds. The molecular weight excluding hydrogens is 448 g/mol. The monoisotopic (exact) mass is 488 g/mol. The number of esters is 1. The maximum Gasteiger partial charge on any atom is 0.414 e. The van der Waals surface area contributed by atoms with Crippen molar-refractivity contribution in [3.8, 4) is 0 Å². The second kappa shape index (κ2) is 13.0. The first-order valence-corrected chi connectivity index (χ1v) is 10.9. The van der Waals surface area contributed by atoms with E-state index in [9.17, 15) is 19.2 Å². The summed E-state index contributed by atoms with van der Waals surface area (Å²) in [6, 6.07) is -0.962. The van der Waals surface area contributed by atoms with Gasteiger partial charge in [0.25, 0.3) is 0 Å². The molecule has 0 radical (unpaired) electrons. The van der Waals surface area contributed by atoms with Crippen molar-refractivity contribution in [2.45, 2.75) is 98.0 Å². The highest BCUT2D eigenvalue weighted by Gasteiger charge is 2.25. The molecule has 0 aliphatic heterocycles. The molecule has 0 fully saturated rings. The molecule has 12 nitrogen and oxygen atoms in total. The first kappa shape index (κ1) is 30.9. The quantitative estimate of drug-likeness (QED) is 0.169. The number of carbonyl (C=O) groups excluding carboxylic acids is 4. The summed E-state index contributed by atoms with van der Waals surface area (Å²) < 4.78 is 20.3. The average Bonchev–Trinajstić information content (AvgIpc) is 2.58. The lowest BCUT2D eigenvalue weighted by molar-refractivity contribution is -0.143. The van der Waals surface area contributed by atoms with E-state index in [0.29, 0.717) is 6.42 Å². The maximum absolute atomic E-state index is 12.1. The minimum atomic E-state index is -0.962. The van der Waals surface area contributed by atoms with Gasteiger partial charge in [-0.1, -0.05) is 0 Å². The van der Waals surface area contributed by atoms with E-state index in [-0.39, 0.29) is 18.9 Å². The average molecular weight is 489 g/mol. The highest BCUT2D eigenvalue weighted by atomic mass is 16.6. The molecule has 0 aliphatic carbocycles. The molecule has 0 aromatic carbocycles. The number of carbonyl (C=O) groups is 4. The Bertz CT molecular complexity index is 713. The molecule has 3 N–H and O–H groups in total. The van der Waals surface area contributed by atoms with Gasteiger partial charge < -0.3 is 24.3 Å². The molecular formula is C22H40N4O8. The zero-order chi connectivity index (χ0) is 26.7. The van der Waals surface area contributed by atoms with Crippen LogP contribution in [0, 0.1) is 0 Å². The molecule has 0 aliphatic rings. The van der Waals surface area contributed by atoms with Crippen LogP contribution in [0.5, 0.6) is 0 Å². The lowest BCUT2D eigenvalue weighted by atomic mass is 10.1. The topological polar surface area (TPSA) is 154 Å². The number of ether oxygens (including phenoxy) is 4. The Morgan fingerprint density at radius 2 is 1.15 bits per heavy atom. The van der Waals surface area contributed by atoms with Crippen LogP contribution in [0.4, 0.5) is 14.4 Å². The minimum absolute atomic E-state index is 0.0877. The third kappa shape index (κ3) is 16.6. The van der Waals surface area contributed by atoms with Crippen molar-refractivity contribution in [2.75, 3.05) is 13.7 Å². The highest BCUT2D eigenvalue weighted by Crippen LogP contribution is 2.09. The maximum atomic E-state index is 12.1. The van der Waals surface area contributed by atoms with Crippen molar-refractivity contribution >= 4 is 30.2 Å². The number of amides is 3. The third-order valence-electron chi connectivity index (χ3n) is 3.34. The van der Waals surface area contributed by atoms with Gasteiger partial charge in [-0.15, -0.1) is 0 Å². The van der Waals surface area contributed by atoms with E-state index in [1.54, 1.807) is 62.3 Å². The van der Waals surface area contributed by atoms with Gasteiger partial charge in [-0.3, -0.25) is 15.6 Å². The van der Waals surface area contributed by atoms with Crippen LogP contribution in [0.3, 0.4) is 0 Å². The van der Waals surface area contributed by atoms with Crippen LogP contribution < -0.4 is 16.0 Å². The molecule has 0 spiro atoms. The molecule has 196 valence electrons. The molecule has 0 rings (SSSR count). The summed E-state index contributed by atoms with van der Waals surface area (Å²) in [7, 11) is 1.21. The Morgan fingerprint density at radius 3 is 1.53 bits per heavy atom. The van der Waals surface area contributed by atoms with E-state index in [2.05, 4.69) is 20.9 Å². The summed E-state index contributed by atoms with van der Waals surface area (Å²) in [4.78, 5) is 52.4. The van der Waals surface area contributed by atoms with Crippen molar-refractivity contribution < 1.29 is 38.1 Å². The molecule has 12 heteroatoms. The number of guanidine groups is 1. The lowest BCUT2D eigenvalue weighted by Gasteiger charge is -2.23. The Labute approximate surface area is 201 Å². The Kier molecular flexibility index (Phi) is 11.8. The summed E-state index contributed by atoms with van der Waals surface area (Å²) in [5, 5.41) is 7.20. The number of alkyl carbamates (subject to hydrolysis) is 3. The van der Waals surface area contributed by atoms with Crippen molar-refractivity contribution in [1.29, 1.82) is 0 Å². The Morgan fingerprint density at radius 1 is 0.735 bits per heavy atom. The Hall–Kier alpha value is -3.05. The van der Waals surface area contributed by atoms with Crippen LogP contribution in [0.25, 0.3) is 0 Å². The molecule has 34 heavy (non-hydrogen) atoms. The normalized spacial score (nSPS) is 12.5. The van der Waals surface area contributed by atoms with Crippen LogP contribution in [0.1, 0.15) is 75.2 Å². The molecule has 0 saturated carbocycles. The molecule has 1 atom stereocenters. The Balaban J connectivity index is 5.20. The number of hydrogen-bond acceptors (Lipinski definition) is 9. The van der Waals surface area contributed by atoms with Crippen LogP contribution in [0.2, 0.25) is 0 Å². The number of hydrogen-bond donors (Lipinski definition) is 3. The fourth-order valence-electron chi connectivity index (χ4n) is 2.24. The first-order valence-electron chi connectivity index (χ1n) is 10.9. The van der Waals surface area contributed by atoms with Gasteiger partial charge in [-0.05, 0) is 75.2 Å². The second-order valence-corrected chi connectivity index (χ2v) is 10.3. The van der Waals surface area contributed by atoms with E-state index in [4.69, 9.17) is 18.9 Å². The summed E-state index contributed by atoms with van der Waals surface area (Å²) in [6.07, 6.45) is -1.93. The zero-order valence-electron chi connectivity index (χ0n) is 21.9. The molecule has 0 saturated heterocycles. The summed E-state index contributed by atoms with van der Waals surface area (Å²) in [6.45, 7) is 15.3. The smallest absolute Gasteiger partial charge is 0.414 e. The second-order valence-electron chi connectivity index (χ2n) is 10.3. The predicted octanol–water partition coefficient (Wildman–Crippen LogP) is 3.24. The molecule has 0 bridgehead atoms. The van der Waals surface area contributed by atoms with E-state index < -0.39 is 47.1 Å². The molecule has 0 heterocycles. The van der Waals surface area contributed by atoms with E-state index in [1.165, 1.54) is 7.11 Å². The number of nitrogens with zero attached hydrogens (tertiary/aromatic N) is 1. The van der Waals surface area contributed by atoms with Gasteiger partial charge in [0.2, 0.25) is 5.96 Å². The van der Waals surface area contributed by atoms with Crippen molar-refractivity contribution in [3.05, 3.63) is 0 Å². The van der Waals surface area contributed by atoms with Gasteiger partial charge >= 0.3 is 24.2 Å². The van der Waals surface area contributed by atoms with Crippen LogP contribution >= 0.6 is 0 Å². The van der Waals surface area contributed by atoms with Gasteiger partial charge in [-0.2, -0.15) is 0 Å². The minimum Gasteiger partial charge on any atom is -0.467 e. The van der Waals surface area contributed by atoms with Gasteiger partial charge in [0.05, 0.1) is 7.11 Å². The van der Waals surface area contributed by atoms with Gasteiger partial charge in [0.15, 0.2) is 0 Å². The van der Waals surface area contributed by atoms with Crippen molar-refractivity contribution in [1.82, 2.24) is 16.0 Å². The largest absolute Gasteiger partial charge is 0.467 e. The van der Waals surface area contributed by atoms with Gasteiger partial charge in [0.1, 0.15) is 22.8 Å². The fourth-order valence-corrected chi connectivity index (χ4v) is 2.24. The SMILES string of the molecule is COC(=O)[C@H](CCCN=C(NC(=O)OC(C)(C)C)NC(=O)OC(C)(C)C)NC(=O)OC(C)(C)C. The summed E-state index contributed by atoms with van der Waals surface area (Å²) >= 11 is 0. The summed E-state index contributed by atoms with van der Waals surface area (Å²) in [5.74, 6) is -0.827. The van der Waals surface area contributed by atoms with E-state index in [0.717, 1.165) is 0 Å². The number of nitrogens with one attached hydrogen (secondary N) is 3.